The number of pyridine rings is 2. The van der Waals surface area contributed by atoms with Crippen molar-refractivity contribution >= 4 is 53.9 Å². The minimum Gasteiger partial charge on any atom is -0.264 e. The SMILES string of the molecule is c1ccc(-c2cc(-c3ccccc3)cc(-c3cc(-c4ccc(-c5cccnc5)cc4)nc(-c4ccc(-c5cccc6ccccc56)cc4)n3)c2)cc1.c1cncc(-c2ccc(-c3cc(-c4cccc(-c5ccc6ccccc6c5)c4)nc(-c4ccc(-c5ccc6c7ccccc7c7ccccc7c6c5)cc4)n3)cc2)c1. The summed E-state index contributed by atoms with van der Waals surface area (Å²) in [6.45, 7) is 0. The predicted molar refractivity (Wildman–Crippen MR) is 458 cm³/mol. The first-order valence-electron chi connectivity index (χ1n) is 37.2. The molecule has 514 valence electrons. The summed E-state index contributed by atoms with van der Waals surface area (Å²) < 4.78 is 0. The Morgan fingerprint density at radius 1 is 0.145 bits per heavy atom. The number of aromatic nitrogens is 6. The van der Waals surface area contributed by atoms with Gasteiger partial charge >= 0.3 is 0 Å². The number of fused-ring (bicyclic) bond motifs is 8. The van der Waals surface area contributed by atoms with Crippen molar-refractivity contribution in [2.75, 3.05) is 0 Å². The van der Waals surface area contributed by atoms with E-state index in [1.165, 1.54) is 70.6 Å². The molecule has 0 saturated heterocycles. The lowest BCUT2D eigenvalue weighted by atomic mass is 9.92. The lowest BCUT2D eigenvalue weighted by Gasteiger charge is -2.14. The zero-order valence-electron chi connectivity index (χ0n) is 59.9. The first-order valence-corrected chi connectivity index (χ1v) is 37.2. The summed E-state index contributed by atoms with van der Waals surface area (Å²) in [6.07, 6.45) is 7.38. The summed E-state index contributed by atoms with van der Waals surface area (Å²) in [5.41, 5.74) is 25.5. The lowest BCUT2D eigenvalue weighted by Crippen LogP contribution is -1.97. The maximum absolute atomic E-state index is 5.27. The van der Waals surface area contributed by atoms with Crippen molar-refractivity contribution in [3.63, 3.8) is 0 Å². The molecule has 0 fully saturated rings. The van der Waals surface area contributed by atoms with Crippen molar-refractivity contribution in [3.05, 3.63) is 413 Å². The van der Waals surface area contributed by atoms with Gasteiger partial charge in [-0.3, -0.25) is 9.97 Å². The number of hydrogen-bond donors (Lipinski definition) is 0. The van der Waals surface area contributed by atoms with Crippen molar-refractivity contribution in [1.29, 1.82) is 0 Å². The van der Waals surface area contributed by atoms with Gasteiger partial charge in [0.1, 0.15) is 0 Å². The molecule has 0 bridgehead atoms. The molecule has 0 saturated carbocycles. The molecule has 0 amide bonds. The van der Waals surface area contributed by atoms with Crippen LogP contribution in [0.15, 0.2) is 413 Å². The van der Waals surface area contributed by atoms with E-state index in [9.17, 15) is 0 Å². The Morgan fingerprint density at radius 2 is 0.482 bits per heavy atom. The molecular weight excluding hydrogens is 1330 g/mol. The van der Waals surface area contributed by atoms with Crippen LogP contribution in [-0.4, -0.2) is 29.9 Å². The average molecular weight is 1400 g/mol. The highest BCUT2D eigenvalue weighted by atomic mass is 14.9. The van der Waals surface area contributed by atoms with Crippen LogP contribution in [0.2, 0.25) is 0 Å². The van der Waals surface area contributed by atoms with E-state index in [1.54, 1.807) is 12.4 Å². The topological polar surface area (TPSA) is 77.3 Å². The van der Waals surface area contributed by atoms with Crippen LogP contribution in [0.1, 0.15) is 0 Å². The largest absolute Gasteiger partial charge is 0.264 e. The van der Waals surface area contributed by atoms with E-state index in [0.29, 0.717) is 11.6 Å². The van der Waals surface area contributed by atoms with E-state index in [4.69, 9.17) is 19.9 Å². The van der Waals surface area contributed by atoms with Gasteiger partial charge in [0.25, 0.3) is 0 Å². The van der Waals surface area contributed by atoms with Gasteiger partial charge in [-0.1, -0.05) is 328 Å². The molecule has 6 nitrogen and oxygen atoms in total. The molecule has 0 aliphatic carbocycles. The van der Waals surface area contributed by atoms with Gasteiger partial charge in [-0.05, 0) is 192 Å². The zero-order chi connectivity index (χ0) is 73.1. The molecule has 16 aromatic carbocycles. The van der Waals surface area contributed by atoms with Crippen LogP contribution < -0.4 is 0 Å². The van der Waals surface area contributed by atoms with Gasteiger partial charge in [-0.15, -0.1) is 0 Å². The first-order chi connectivity index (χ1) is 54.5. The second-order valence-corrected chi connectivity index (χ2v) is 27.8. The number of benzene rings is 16. The van der Waals surface area contributed by atoms with Crippen LogP contribution in [-0.2, 0) is 0 Å². The summed E-state index contributed by atoms with van der Waals surface area (Å²) in [7, 11) is 0. The van der Waals surface area contributed by atoms with E-state index in [-0.39, 0.29) is 0 Å². The van der Waals surface area contributed by atoms with E-state index < -0.39 is 0 Å². The maximum atomic E-state index is 5.27. The summed E-state index contributed by atoms with van der Waals surface area (Å²) >= 11 is 0. The molecule has 20 aromatic rings. The number of nitrogens with zero attached hydrogens (tertiary/aromatic N) is 6. The molecule has 0 aliphatic rings. The molecule has 110 heavy (non-hydrogen) atoms. The maximum Gasteiger partial charge on any atom is 0.160 e. The average Bonchev–Trinajstić information content (AvgIpc) is 0.742. The standard InChI is InChI=1S/C55H35N3.C49H33N3/c1-2-10-41-31-43(27-22-36(41)9-1)42-11-7-12-45(32-42)54-34-53(39-23-18-38(19-24-39)46-13-8-30-56-35-46)57-55(58-54)40-25-20-37(21-26-40)44-28-29-51-49-16-4-3-14-47(49)48-15-5-6-17-50(48)52(51)33-44;1-3-11-34(12-4-1)42-29-43(35-13-5-2-6-14-35)31-44(30-42)48-32-47(39-24-20-36(21-25-39)41-17-10-28-50-33-41)51-49(52-48)40-26-22-38(23-27-40)46-19-9-16-37-15-7-8-18-45(37)46/h1-35H;1-33H. The Balaban J connectivity index is 0.000000150. The number of rotatable bonds is 13. The fourth-order valence-electron chi connectivity index (χ4n) is 15.3. The molecule has 0 atom stereocenters. The van der Waals surface area contributed by atoms with E-state index in [1.807, 2.05) is 24.5 Å². The van der Waals surface area contributed by atoms with Gasteiger partial charge in [0.15, 0.2) is 11.6 Å². The van der Waals surface area contributed by atoms with Gasteiger partial charge in [0.05, 0.1) is 22.8 Å². The summed E-state index contributed by atoms with van der Waals surface area (Å²) in [6, 6.07) is 138. The van der Waals surface area contributed by atoms with Crippen molar-refractivity contribution in [2.45, 2.75) is 0 Å². The fourth-order valence-corrected chi connectivity index (χ4v) is 15.3. The Kier molecular flexibility index (Phi) is 17.6. The van der Waals surface area contributed by atoms with Crippen LogP contribution in [0.4, 0.5) is 0 Å². The third-order valence-electron chi connectivity index (χ3n) is 21.0. The molecule has 0 radical (unpaired) electrons. The second-order valence-electron chi connectivity index (χ2n) is 27.8. The van der Waals surface area contributed by atoms with Crippen LogP contribution in [0, 0.1) is 0 Å². The van der Waals surface area contributed by atoms with Crippen LogP contribution in [0.25, 0.3) is 200 Å². The van der Waals surface area contributed by atoms with Crippen molar-refractivity contribution in [2.24, 2.45) is 0 Å². The van der Waals surface area contributed by atoms with Crippen LogP contribution >= 0.6 is 0 Å². The molecular formula is C104H68N6. The smallest absolute Gasteiger partial charge is 0.160 e. The molecule has 0 N–H and O–H groups in total. The highest BCUT2D eigenvalue weighted by Crippen LogP contribution is 2.41. The van der Waals surface area contributed by atoms with Gasteiger partial charge < -0.3 is 0 Å². The molecule has 0 aliphatic heterocycles. The Labute approximate surface area is 638 Å². The second kappa shape index (κ2) is 29.3. The Morgan fingerprint density at radius 3 is 1.03 bits per heavy atom. The molecule has 4 heterocycles. The van der Waals surface area contributed by atoms with E-state index in [2.05, 4.69) is 386 Å². The molecule has 20 rings (SSSR count). The van der Waals surface area contributed by atoms with Gasteiger partial charge in [-0.25, -0.2) is 19.9 Å². The summed E-state index contributed by atoms with van der Waals surface area (Å²) in [5.74, 6) is 1.36. The monoisotopic (exact) mass is 1400 g/mol. The van der Waals surface area contributed by atoms with Crippen LogP contribution in [0.3, 0.4) is 0 Å². The molecule has 0 unspecified atom stereocenters. The van der Waals surface area contributed by atoms with Gasteiger partial charge in [-0.2, -0.15) is 0 Å². The molecule has 4 aromatic heterocycles. The van der Waals surface area contributed by atoms with E-state index in [0.717, 1.165) is 117 Å². The van der Waals surface area contributed by atoms with Gasteiger partial charge in [0.2, 0.25) is 0 Å². The molecule has 0 spiro atoms. The first kappa shape index (κ1) is 66.0. The highest BCUT2D eigenvalue weighted by molar-refractivity contribution is 6.25. The van der Waals surface area contributed by atoms with Crippen molar-refractivity contribution in [1.82, 2.24) is 29.9 Å². The molecule has 6 heteroatoms. The minimum atomic E-state index is 0.680. The quantitative estimate of drug-likeness (QED) is 0.107. The summed E-state index contributed by atoms with van der Waals surface area (Å²) in [4.78, 5) is 29.5. The van der Waals surface area contributed by atoms with Crippen LogP contribution in [0.5, 0.6) is 0 Å². The summed E-state index contributed by atoms with van der Waals surface area (Å²) in [5, 5.41) is 12.6. The normalized spacial score (nSPS) is 11.3. The number of hydrogen-bond acceptors (Lipinski definition) is 6. The highest BCUT2D eigenvalue weighted by Gasteiger charge is 2.18. The predicted octanol–water partition coefficient (Wildman–Crippen LogP) is 27.2. The Hall–Kier alpha value is -14.7. The Bertz CT molecular complexity index is 6670. The van der Waals surface area contributed by atoms with Crippen molar-refractivity contribution in [3.8, 4) is 146 Å². The van der Waals surface area contributed by atoms with E-state index >= 15 is 0 Å². The third kappa shape index (κ3) is 13.4. The zero-order valence-corrected chi connectivity index (χ0v) is 59.9. The van der Waals surface area contributed by atoms with Gasteiger partial charge in [0, 0.05) is 58.2 Å². The van der Waals surface area contributed by atoms with Crippen molar-refractivity contribution < 1.29 is 0 Å². The fraction of sp³-hybridized carbons (Fsp3) is 0. The minimum absolute atomic E-state index is 0.680. The third-order valence-corrected chi connectivity index (χ3v) is 21.0. The lowest BCUT2D eigenvalue weighted by molar-refractivity contribution is 1.18.